The average molecular weight is 460 g/mol. The lowest BCUT2D eigenvalue weighted by Gasteiger charge is -2.47. The van der Waals surface area contributed by atoms with Crippen LogP contribution in [-0.4, -0.2) is 48.9 Å². The van der Waals surface area contributed by atoms with Crippen molar-refractivity contribution in [2.45, 2.75) is 82.6 Å². The van der Waals surface area contributed by atoms with Crippen LogP contribution in [0.3, 0.4) is 0 Å². The zero-order valence-electron chi connectivity index (χ0n) is 19.4. The summed E-state index contributed by atoms with van der Waals surface area (Å²) in [6.07, 6.45) is 12.6. The van der Waals surface area contributed by atoms with Crippen molar-refractivity contribution in [1.29, 1.82) is 0 Å². The van der Waals surface area contributed by atoms with Gasteiger partial charge in [0.15, 0.2) is 0 Å². The maximum atomic E-state index is 14.9. The van der Waals surface area contributed by atoms with E-state index in [1.54, 1.807) is 0 Å². The van der Waals surface area contributed by atoms with Gasteiger partial charge in [0.1, 0.15) is 11.6 Å². The Kier molecular flexibility index (Phi) is 6.43. The monoisotopic (exact) mass is 459 g/mol. The van der Waals surface area contributed by atoms with Gasteiger partial charge in [0.25, 0.3) is 0 Å². The lowest BCUT2D eigenvalue weighted by molar-refractivity contribution is -0.134. The number of nitrogens with one attached hydrogen (secondary N) is 1. The van der Waals surface area contributed by atoms with Crippen molar-refractivity contribution in [3.63, 3.8) is 0 Å². The van der Waals surface area contributed by atoms with Crippen LogP contribution in [0.15, 0.2) is 12.1 Å². The molecule has 0 bridgehead atoms. The van der Waals surface area contributed by atoms with Crippen molar-refractivity contribution in [3.8, 4) is 0 Å². The third-order valence-electron chi connectivity index (χ3n) is 8.78. The van der Waals surface area contributed by atoms with E-state index in [0.29, 0.717) is 17.1 Å². The molecule has 2 heterocycles. The van der Waals surface area contributed by atoms with Crippen LogP contribution in [0.2, 0.25) is 0 Å². The number of piperidine rings is 1. The molecule has 1 spiro atoms. The Balaban J connectivity index is 1.19. The number of carbonyl (C=O) groups excluding carboxylic acids is 2. The predicted molar refractivity (Wildman–Crippen MR) is 123 cm³/mol. The second kappa shape index (κ2) is 9.32. The van der Waals surface area contributed by atoms with Crippen LogP contribution in [0, 0.1) is 17.0 Å². The lowest BCUT2D eigenvalue weighted by Crippen LogP contribution is -2.52. The van der Waals surface area contributed by atoms with Gasteiger partial charge in [0.05, 0.1) is 5.92 Å². The fourth-order valence-electron chi connectivity index (χ4n) is 6.78. The van der Waals surface area contributed by atoms with Crippen molar-refractivity contribution >= 4 is 17.5 Å². The number of amides is 2. The van der Waals surface area contributed by atoms with Crippen molar-refractivity contribution < 1.29 is 18.4 Å². The Hall–Kier alpha value is -2.02. The molecule has 4 fully saturated rings. The fraction of sp³-hybridized carbons (Fsp3) is 0.692. The first-order valence-electron chi connectivity index (χ1n) is 12.8. The normalized spacial score (nSPS) is 27.1. The van der Waals surface area contributed by atoms with E-state index < -0.39 is 29.4 Å². The van der Waals surface area contributed by atoms with Crippen LogP contribution in [-0.2, 0) is 9.59 Å². The van der Waals surface area contributed by atoms with Gasteiger partial charge in [-0.05, 0) is 62.5 Å². The summed E-state index contributed by atoms with van der Waals surface area (Å²) >= 11 is 0. The van der Waals surface area contributed by atoms with Crippen LogP contribution in [0.25, 0.3) is 0 Å². The highest BCUT2D eigenvalue weighted by molar-refractivity contribution is 6.01. The molecule has 2 aliphatic carbocycles. The van der Waals surface area contributed by atoms with Crippen molar-refractivity contribution in [1.82, 2.24) is 10.2 Å². The Labute approximate surface area is 194 Å². The number of hydrogen-bond acceptors (Lipinski definition) is 4. The highest BCUT2D eigenvalue weighted by atomic mass is 19.1. The summed E-state index contributed by atoms with van der Waals surface area (Å²) in [7, 11) is 0. The molecule has 2 saturated heterocycles. The molecule has 7 heteroatoms. The summed E-state index contributed by atoms with van der Waals surface area (Å²) in [5.41, 5.74) is 0.933. The van der Waals surface area contributed by atoms with Gasteiger partial charge in [-0.2, -0.15) is 0 Å². The zero-order chi connectivity index (χ0) is 23.0. The molecular formula is C26H35F2N3O2. The molecule has 2 amide bonds. The molecule has 2 saturated carbocycles. The second-order valence-corrected chi connectivity index (χ2v) is 10.6. The minimum absolute atomic E-state index is 0.0985. The third kappa shape index (κ3) is 4.66. The standard InChI is InChI=1S/C26H35F2N3O2/c27-21-16-19(17-22(28)24(21)20-4-5-23(32)29-25(20)33)31-14-12-30(13-15-31)18-6-10-26(11-7-18)8-2-1-3-9-26/h16-18,20H,1-15H2,(H,29,32,33). The number of piperazine rings is 1. The fourth-order valence-corrected chi connectivity index (χ4v) is 6.78. The number of hydrogen-bond donors (Lipinski definition) is 1. The Morgan fingerprint density at radius 1 is 0.848 bits per heavy atom. The van der Waals surface area contributed by atoms with Crippen molar-refractivity contribution in [3.05, 3.63) is 29.3 Å². The van der Waals surface area contributed by atoms with Crippen LogP contribution in [0.4, 0.5) is 14.5 Å². The number of imide groups is 1. The van der Waals surface area contributed by atoms with Crippen molar-refractivity contribution in [2.75, 3.05) is 31.1 Å². The van der Waals surface area contributed by atoms with E-state index in [1.165, 1.54) is 69.9 Å². The highest BCUT2D eigenvalue weighted by Gasteiger charge is 2.38. The van der Waals surface area contributed by atoms with E-state index in [0.717, 1.165) is 26.2 Å². The van der Waals surface area contributed by atoms with Gasteiger partial charge in [-0.3, -0.25) is 19.8 Å². The van der Waals surface area contributed by atoms with Gasteiger partial charge in [-0.1, -0.05) is 19.3 Å². The predicted octanol–water partition coefficient (Wildman–Crippen LogP) is 4.50. The van der Waals surface area contributed by atoms with Gasteiger partial charge in [0.2, 0.25) is 11.8 Å². The molecule has 5 nitrogen and oxygen atoms in total. The first-order valence-corrected chi connectivity index (χ1v) is 12.8. The highest BCUT2D eigenvalue weighted by Crippen LogP contribution is 2.48. The molecule has 5 rings (SSSR count). The number of benzene rings is 1. The van der Waals surface area contributed by atoms with Gasteiger partial charge in [-0.25, -0.2) is 8.78 Å². The minimum atomic E-state index is -0.952. The van der Waals surface area contributed by atoms with E-state index in [2.05, 4.69) is 10.2 Å². The molecule has 180 valence electrons. The molecule has 1 aromatic carbocycles. The lowest BCUT2D eigenvalue weighted by atomic mass is 9.64. The smallest absolute Gasteiger partial charge is 0.234 e. The SMILES string of the molecule is O=C1CCC(c2c(F)cc(N3CCN(C4CCC5(CCCCC5)CC4)CC3)cc2F)C(=O)N1. The summed E-state index contributed by atoms with van der Waals surface area (Å²) in [5, 5.41) is 2.19. The minimum Gasteiger partial charge on any atom is -0.369 e. The molecule has 1 N–H and O–H groups in total. The molecular weight excluding hydrogens is 424 g/mol. The van der Waals surface area contributed by atoms with E-state index in [1.807, 2.05) is 4.90 Å². The second-order valence-electron chi connectivity index (χ2n) is 10.6. The molecule has 2 aliphatic heterocycles. The number of carbonyl (C=O) groups is 2. The molecule has 1 unspecified atom stereocenters. The van der Waals surface area contributed by atoms with Gasteiger partial charge < -0.3 is 4.90 Å². The molecule has 0 radical (unpaired) electrons. The Bertz CT molecular complexity index is 874. The maximum absolute atomic E-state index is 14.9. The summed E-state index contributed by atoms with van der Waals surface area (Å²) in [6.45, 7) is 3.32. The first-order chi connectivity index (χ1) is 15.9. The van der Waals surface area contributed by atoms with Crippen LogP contribution in [0.5, 0.6) is 0 Å². The average Bonchev–Trinajstić information content (AvgIpc) is 2.81. The number of rotatable bonds is 3. The van der Waals surface area contributed by atoms with Gasteiger partial charge >= 0.3 is 0 Å². The van der Waals surface area contributed by atoms with Gasteiger partial charge in [-0.15, -0.1) is 0 Å². The van der Waals surface area contributed by atoms with Crippen LogP contribution >= 0.6 is 0 Å². The quantitative estimate of drug-likeness (QED) is 0.677. The topological polar surface area (TPSA) is 52.7 Å². The Morgan fingerprint density at radius 2 is 1.48 bits per heavy atom. The van der Waals surface area contributed by atoms with E-state index >= 15 is 0 Å². The Morgan fingerprint density at radius 3 is 2.09 bits per heavy atom. The molecule has 4 aliphatic rings. The van der Waals surface area contributed by atoms with Gasteiger partial charge in [0, 0.05) is 49.9 Å². The zero-order valence-corrected chi connectivity index (χ0v) is 19.4. The summed E-state index contributed by atoms with van der Waals surface area (Å²) in [4.78, 5) is 28.1. The largest absolute Gasteiger partial charge is 0.369 e. The summed E-state index contributed by atoms with van der Waals surface area (Å²) < 4.78 is 29.8. The molecule has 0 aromatic heterocycles. The third-order valence-corrected chi connectivity index (χ3v) is 8.78. The molecule has 33 heavy (non-hydrogen) atoms. The maximum Gasteiger partial charge on any atom is 0.234 e. The number of anilines is 1. The molecule has 1 atom stereocenters. The summed E-state index contributed by atoms with van der Waals surface area (Å²) in [5.74, 6) is -3.36. The summed E-state index contributed by atoms with van der Waals surface area (Å²) in [6, 6.07) is 3.35. The molecule has 1 aromatic rings. The number of halogens is 2. The van der Waals surface area contributed by atoms with Crippen LogP contribution < -0.4 is 10.2 Å². The van der Waals surface area contributed by atoms with E-state index in [9.17, 15) is 18.4 Å². The van der Waals surface area contributed by atoms with E-state index in [-0.39, 0.29) is 18.4 Å². The van der Waals surface area contributed by atoms with Crippen molar-refractivity contribution in [2.24, 2.45) is 5.41 Å². The van der Waals surface area contributed by atoms with Crippen LogP contribution in [0.1, 0.15) is 82.1 Å². The van der Waals surface area contributed by atoms with E-state index in [4.69, 9.17) is 0 Å². The number of nitrogens with zero attached hydrogens (tertiary/aromatic N) is 2. The first kappa shape index (κ1) is 22.8.